The molecule has 0 aromatic heterocycles. The van der Waals surface area contributed by atoms with Crippen LogP contribution in [0.15, 0.2) is 0 Å². The third-order valence-corrected chi connectivity index (χ3v) is 2.21. The van der Waals surface area contributed by atoms with Gasteiger partial charge in [-0.3, -0.25) is 0 Å². The third kappa shape index (κ3) is 4.94. The Morgan fingerprint density at radius 2 is 2.11 bits per heavy atom. The standard InChI is InChI=1S/C6H11O2.Na/c1-5(2)3-4-6(7)8;/h4-5H,3H2,1-2H3,(H,7,8);. The van der Waals surface area contributed by atoms with Gasteiger partial charge in [-0.1, -0.05) is 0 Å². The molecule has 3 heteroatoms. The minimum atomic E-state index is -0.629. The molecule has 0 aromatic rings. The van der Waals surface area contributed by atoms with E-state index in [0.29, 0.717) is 5.92 Å². The Hall–Kier alpha value is 0.470. The van der Waals surface area contributed by atoms with E-state index in [0.717, 1.165) is 34.4 Å². The van der Waals surface area contributed by atoms with E-state index in [-0.39, 0.29) is 3.17 Å². The molecular formula is C6H11NaO2. The van der Waals surface area contributed by atoms with Crippen LogP contribution in [0.2, 0.25) is 3.17 Å². The molecule has 0 heterocycles. The number of hydrogen-bond acceptors (Lipinski definition) is 1. The first-order valence-corrected chi connectivity index (χ1v) is 4.42. The van der Waals surface area contributed by atoms with Gasteiger partial charge in [0.2, 0.25) is 0 Å². The summed E-state index contributed by atoms with van der Waals surface area (Å²) in [7, 11) is 0. The van der Waals surface area contributed by atoms with Crippen LogP contribution < -0.4 is 0 Å². The Morgan fingerprint density at radius 1 is 1.67 bits per heavy atom. The maximum atomic E-state index is 10.3. The zero-order valence-corrected chi connectivity index (χ0v) is 8.22. The van der Waals surface area contributed by atoms with Gasteiger partial charge in [-0.05, 0) is 0 Å². The number of hydrogen-bond donors (Lipinski definition) is 1. The molecule has 48 valence electrons. The molecule has 0 fully saturated rings. The van der Waals surface area contributed by atoms with Crippen molar-refractivity contribution in [2.45, 2.75) is 23.4 Å². The summed E-state index contributed by atoms with van der Waals surface area (Å²) in [4.78, 5) is 10.3. The fraction of sp³-hybridized carbons (Fsp3) is 0.833. The summed E-state index contributed by atoms with van der Waals surface area (Å²) >= 11 is 0.772. The molecule has 2 nitrogen and oxygen atoms in total. The first-order chi connectivity index (χ1) is 4.04. The van der Waals surface area contributed by atoms with Gasteiger partial charge in [-0.2, -0.15) is 0 Å². The molecule has 0 rings (SSSR count). The van der Waals surface area contributed by atoms with Crippen LogP contribution in [-0.2, 0) is 4.79 Å². The quantitative estimate of drug-likeness (QED) is 0.592. The van der Waals surface area contributed by atoms with Crippen molar-refractivity contribution >= 4 is 33.9 Å². The monoisotopic (exact) mass is 138 g/mol. The van der Waals surface area contributed by atoms with Crippen LogP contribution in [0.1, 0.15) is 20.3 Å². The van der Waals surface area contributed by atoms with Crippen LogP contribution >= 0.6 is 0 Å². The molecule has 0 aromatic carbocycles. The molecule has 0 amide bonds. The zero-order valence-electron chi connectivity index (χ0n) is 6.22. The van der Waals surface area contributed by atoms with Gasteiger partial charge < -0.3 is 0 Å². The number of carboxylic acids is 1. The van der Waals surface area contributed by atoms with Crippen molar-refractivity contribution in [3.05, 3.63) is 0 Å². The van der Waals surface area contributed by atoms with E-state index in [1.807, 2.05) is 13.8 Å². The van der Waals surface area contributed by atoms with Crippen molar-refractivity contribution in [1.29, 1.82) is 0 Å². The van der Waals surface area contributed by atoms with Gasteiger partial charge in [0.15, 0.2) is 0 Å². The van der Waals surface area contributed by atoms with Gasteiger partial charge in [0.25, 0.3) is 0 Å². The van der Waals surface area contributed by atoms with Gasteiger partial charge in [-0.25, -0.2) is 0 Å². The van der Waals surface area contributed by atoms with Crippen LogP contribution in [0.4, 0.5) is 0 Å². The number of rotatable bonds is 3. The van der Waals surface area contributed by atoms with Crippen molar-refractivity contribution < 1.29 is 9.90 Å². The van der Waals surface area contributed by atoms with Gasteiger partial charge in [-0.15, -0.1) is 0 Å². The first kappa shape index (κ1) is 9.47. The molecule has 0 bridgehead atoms. The van der Waals surface area contributed by atoms with E-state index >= 15 is 0 Å². The Bertz CT molecular complexity index is 101. The Labute approximate surface area is 73.1 Å². The SMILES string of the molecule is CC(C)C[C@H]([Na])C(=O)O. The molecule has 0 unspecified atom stereocenters. The van der Waals surface area contributed by atoms with Crippen LogP contribution in [0.25, 0.3) is 0 Å². The summed E-state index contributed by atoms with van der Waals surface area (Å²) < 4.78 is -0.0509. The molecule has 1 N–H and O–H groups in total. The Balaban J connectivity index is 3.50. The molecular weight excluding hydrogens is 127 g/mol. The molecule has 0 aliphatic rings. The second-order valence-electron chi connectivity index (χ2n) is 2.87. The van der Waals surface area contributed by atoms with Gasteiger partial charge in [0.1, 0.15) is 0 Å². The molecule has 0 saturated carbocycles. The van der Waals surface area contributed by atoms with E-state index in [1.165, 1.54) is 0 Å². The van der Waals surface area contributed by atoms with Crippen LogP contribution in [0, 0.1) is 5.92 Å². The average Bonchev–Trinajstić information content (AvgIpc) is 1.63. The van der Waals surface area contributed by atoms with Crippen LogP contribution in [-0.4, -0.2) is 39.0 Å². The molecule has 1 atom stereocenters. The van der Waals surface area contributed by atoms with Gasteiger partial charge in [0, 0.05) is 0 Å². The zero-order chi connectivity index (χ0) is 7.44. The second-order valence-corrected chi connectivity index (χ2v) is 4.26. The third-order valence-electron chi connectivity index (χ3n) is 1.25. The first-order valence-electron chi connectivity index (χ1n) is 3.26. The van der Waals surface area contributed by atoms with E-state index in [1.54, 1.807) is 0 Å². The number of carboxylic acid groups (broad SMARTS) is 1. The molecule has 0 spiro atoms. The molecule has 0 radical (unpaired) electrons. The summed E-state index contributed by atoms with van der Waals surface area (Å²) in [6, 6.07) is 0. The van der Waals surface area contributed by atoms with Gasteiger partial charge >= 0.3 is 73.2 Å². The van der Waals surface area contributed by atoms with Crippen molar-refractivity contribution in [3.63, 3.8) is 0 Å². The summed E-state index contributed by atoms with van der Waals surface area (Å²) in [5, 5.41) is 8.47. The van der Waals surface area contributed by atoms with Crippen molar-refractivity contribution in [2.24, 2.45) is 5.92 Å². The summed E-state index contributed by atoms with van der Waals surface area (Å²) in [5.74, 6) is -0.112. The van der Waals surface area contributed by atoms with E-state index in [2.05, 4.69) is 0 Å². The second kappa shape index (κ2) is 4.31. The predicted molar refractivity (Wildman–Crippen MR) is 36.6 cm³/mol. The summed E-state index contributed by atoms with van der Waals surface area (Å²) in [6.45, 7) is 4.10. The van der Waals surface area contributed by atoms with E-state index in [9.17, 15) is 4.79 Å². The fourth-order valence-electron chi connectivity index (χ4n) is 0.808. The summed E-state index contributed by atoms with van der Waals surface area (Å²) in [5.41, 5.74) is 0. The summed E-state index contributed by atoms with van der Waals surface area (Å²) in [6.07, 6.45) is 0.835. The maximum absolute atomic E-state index is 10.3. The van der Waals surface area contributed by atoms with Crippen LogP contribution in [0.5, 0.6) is 0 Å². The Morgan fingerprint density at radius 3 is 2.22 bits per heavy atom. The van der Waals surface area contributed by atoms with E-state index in [4.69, 9.17) is 5.11 Å². The normalized spacial score (nSPS) is 13.9. The Kier molecular flexibility index (Phi) is 4.54. The van der Waals surface area contributed by atoms with Crippen LogP contribution in [0.3, 0.4) is 0 Å². The van der Waals surface area contributed by atoms with E-state index < -0.39 is 5.97 Å². The van der Waals surface area contributed by atoms with Crippen molar-refractivity contribution in [3.8, 4) is 0 Å². The topological polar surface area (TPSA) is 37.3 Å². The molecule has 0 saturated heterocycles. The van der Waals surface area contributed by atoms with Crippen molar-refractivity contribution in [2.75, 3.05) is 0 Å². The minimum absolute atomic E-state index is 0.0509. The number of aliphatic carboxylic acids is 1. The van der Waals surface area contributed by atoms with Crippen molar-refractivity contribution in [1.82, 2.24) is 0 Å². The predicted octanol–water partition coefficient (Wildman–Crippen LogP) is 1.07. The van der Waals surface area contributed by atoms with Gasteiger partial charge in [0.05, 0.1) is 0 Å². The molecule has 9 heavy (non-hydrogen) atoms. The average molecular weight is 138 g/mol. The molecule has 0 aliphatic carbocycles. The molecule has 0 aliphatic heterocycles. The number of carbonyl (C=O) groups is 1. The fourth-order valence-corrected chi connectivity index (χ4v) is 1.75.